The van der Waals surface area contributed by atoms with Crippen molar-refractivity contribution in [2.24, 2.45) is 0 Å². The molecule has 0 aliphatic heterocycles. The lowest BCUT2D eigenvalue weighted by atomic mass is 9.96. The molecule has 0 unspecified atom stereocenters. The van der Waals surface area contributed by atoms with Crippen molar-refractivity contribution in [3.63, 3.8) is 0 Å². The second-order valence-electron chi connectivity index (χ2n) is 4.57. The van der Waals surface area contributed by atoms with Gasteiger partial charge >= 0.3 is 0 Å². The van der Waals surface area contributed by atoms with E-state index in [2.05, 4.69) is 0 Å². The van der Waals surface area contributed by atoms with Gasteiger partial charge in [0.25, 0.3) is 0 Å². The average molecular weight is 268 g/mol. The van der Waals surface area contributed by atoms with Crippen LogP contribution in [0.2, 0.25) is 0 Å². The van der Waals surface area contributed by atoms with Crippen molar-refractivity contribution in [3.05, 3.63) is 59.2 Å². The van der Waals surface area contributed by atoms with E-state index in [1.807, 2.05) is 0 Å². The third-order valence-corrected chi connectivity index (χ3v) is 2.94. The average Bonchev–Trinajstić information content (AvgIpc) is 2.38. The molecule has 2 aromatic rings. The third-order valence-electron chi connectivity index (χ3n) is 2.94. The van der Waals surface area contributed by atoms with Gasteiger partial charge in [0.1, 0.15) is 0 Å². The summed E-state index contributed by atoms with van der Waals surface area (Å²) in [5, 5.41) is 0. The molecule has 0 radical (unpaired) electrons. The Bertz CT molecular complexity index is 574. The van der Waals surface area contributed by atoms with Crippen molar-refractivity contribution < 1.29 is 17.6 Å². The van der Waals surface area contributed by atoms with Gasteiger partial charge in [0, 0.05) is 5.56 Å². The number of halogens is 4. The highest BCUT2D eigenvalue weighted by Crippen LogP contribution is 2.34. The van der Waals surface area contributed by atoms with Crippen LogP contribution >= 0.6 is 0 Å². The molecule has 0 atom stereocenters. The maximum absolute atomic E-state index is 14.0. The van der Waals surface area contributed by atoms with Crippen LogP contribution in [-0.2, 0) is 0 Å². The Balaban J connectivity index is 2.79. The maximum Gasteiger partial charge on any atom is 0.170 e. The van der Waals surface area contributed by atoms with Crippen molar-refractivity contribution in [2.75, 3.05) is 0 Å². The Kier molecular flexibility index (Phi) is 3.60. The van der Waals surface area contributed by atoms with Crippen LogP contribution in [0.4, 0.5) is 17.6 Å². The van der Waals surface area contributed by atoms with E-state index in [9.17, 15) is 17.6 Å². The monoisotopic (exact) mass is 268 g/mol. The Morgan fingerprint density at radius 1 is 0.737 bits per heavy atom. The second kappa shape index (κ2) is 5.03. The molecule has 0 spiro atoms. The molecule has 0 aromatic heterocycles. The SMILES string of the molecule is CC(C)c1c(F)c(F)c(-c2ccccc2)c(F)c1F. The van der Waals surface area contributed by atoms with Gasteiger partial charge < -0.3 is 0 Å². The Morgan fingerprint density at radius 2 is 1.21 bits per heavy atom. The Labute approximate surface area is 108 Å². The molecule has 0 saturated carbocycles. The predicted molar refractivity (Wildman–Crippen MR) is 65.8 cm³/mol. The van der Waals surface area contributed by atoms with Crippen LogP contribution < -0.4 is 0 Å². The first-order valence-corrected chi connectivity index (χ1v) is 5.86. The van der Waals surface area contributed by atoms with E-state index in [1.54, 1.807) is 18.2 Å². The van der Waals surface area contributed by atoms with Gasteiger partial charge in [-0.1, -0.05) is 44.2 Å². The molecular weight excluding hydrogens is 256 g/mol. The predicted octanol–water partition coefficient (Wildman–Crippen LogP) is 5.03. The van der Waals surface area contributed by atoms with Gasteiger partial charge in [-0.05, 0) is 11.5 Å². The molecule has 19 heavy (non-hydrogen) atoms. The maximum atomic E-state index is 14.0. The molecule has 0 nitrogen and oxygen atoms in total. The van der Waals surface area contributed by atoms with Gasteiger partial charge in [0.15, 0.2) is 23.3 Å². The zero-order valence-corrected chi connectivity index (χ0v) is 10.5. The smallest absolute Gasteiger partial charge is 0.170 e. The van der Waals surface area contributed by atoms with E-state index in [0.29, 0.717) is 0 Å². The van der Waals surface area contributed by atoms with Crippen LogP contribution in [0.15, 0.2) is 30.3 Å². The van der Waals surface area contributed by atoms with Gasteiger partial charge in [-0.3, -0.25) is 0 Å². The zero-order chi connectivity index (χ0) is 14.2. The van der Waals surface area contributed by atoms with Crippen LogP contribution in [-0.4, -0.2) is 0 Å². The highest BCUT2D eigenvalue weighted by Gasteiger charge is 2.27. The summed E-state index contributed by atoms with van der Waals surface area (Å²) in [5.41, 5.74) is -1.12. The standard InChI is InChI=1S/C15H12F4/c1-8(2)10-12(16)14(18)11(15(19)13(10)17)9-6-4-3-5-7-9/h3-8H,1-2H3. The molecule has 0 N–H and O–H groups in total. The summed E-state index contributed by atoms with van der Waals surface area (Å²) in [7, 11) is 0. The molecule has 0 aliphatic rings. The fourth-order valence-electron chi connectivity index (χ4n) is 2.01. The van der Waals surface area contributed by atoms with Gasteiger partial charge in [0.2, 0.25) is 0 Å². The molecule has 0 amide bonds. The molecule has 0 aliphatic carbocycles. The van der Waals surface area contributed by atoms with Crippen LogP contribution in [0.25, 0.3) is 11.1 Å². The summed E-state index contributed by atoms with van der Waals surface area (Å²) in [6, 6.07) is 7.53. The quantitative estimate of drug-likeness (QED) is 0.529. The minimum absolute atomic E-state index is 0.102. The molecular formula is C15H12F4. The van der Waals surface area contributed by atoms with Gasteiger partial charge in [0.05, 0.1) is 5.56 Å². The second-order valence-corrected chi connectivity index (χ2v) is 4.57. The fourth-order valence-corrected chi connectivity index (χ4v) is 2.01. The third kappa shape index (κ3) is 2.23. The van der Waals surface area contributed by atoms with E-state index in [4.69, 9.17) is 0 Å². The van der Waals surface area contributed by atoms with Crippen molar-refractivity contribution >= 4 is 0 Å². The molecule has 2 rings (SSSR count). The minimum Gasteiger partial charge on any atom is -0.203 e. The molecule has 100 valence electrons. The van der Waals surface area contributed by atoms with Crippen LogP contribution in [0.5, 0.6) is 0 Å². The van der Waals surface area contributed by atoms with E-state index in [1.165, 1.54) is 26.0 Å². The lowest BCUT2D eigenvalue weighted by Crippen LogP contribution is -2.07. The molecule has 0 saturated heterocycles. The van der Waals surface area contributed by atoms with E-state index in [-0.39, 0.29) is 5.56 Å². The first-order valence-electron chi connectivity index (χ1n) is 5.86. The topological polar surface area (TPSA) is 0 Å². The van der Waals surface area contributed by atoms with Gasteiger partial charge in [-0.2, -0.15) is 0 Å². The molecule has 4 heteroatoms. The van der Waals surface area contributed by atoms with Gasteiger partial charge in [-0.25, -0.2) is 17.6 Å². The van der Waals surface area contributed by atoms with Crippen molar-refractivity contribution in [1.82, 2.24) is 0 Å². The summed E-state index contributed by atoms with van der Waals surface area (Å²) in [4.78, 5) is 0. The molecule has 0 fully saturated rings. The largest absolute Gasteiger partial charge is 0.203 e. The fraction of sp³-hybridized carbons (Fsp3) is 0.200. The summed E-state index contributed by atoms with van der Waals surface area (Å²) in [5.74, 6) is -6.00. The van der Waals surface area contributed by atoms with Crippen LogP contribution in [0.3, 0.4) is 0 Å². The highest BCUT2D eigenvalue weighted by molar-refractivity contribution is 5.65. The van der Waals surface area contributed by atoms with E-state index < -0.39 is 40.3 Å². The van der Waals surface area contributed by atoms with E-state index in [0.717, 1.165) is 0 Å². The number of rotatable bonds is 2. The first-order chi connectivity index (χ1) is 8.95. The summed E-state index contributed by atoms with van der Waals surface area (Å²) < 4.78 is 55.7. The van der Waals surface area contributed by atoms with Crippen LogP contribution in [0.1, 0.15) is 25.3 Å². The Morgan fingerprint density at radius 3 is 1.63 bits per heavy atom. The molecule has 0 bridgehead atoms. The highest BCUT2D eigenvalue weighted by atomic mass is 19.2. The zero-order valence-electron chi connectivity index (χ0n) is 10.5. The van der Waals surface area contributed by atoms with Gasteiger partial charge in [-0.15, -0.1) is 0 Å². The number of hydrogen-bond acceptors (Lipinski definition) is 0. The Hall–Kier alpha value is -1.84. The summed E-state index contributed by atoms with van der Waals surface area (Å²) in [6.45, 7) is 2.95. The van der Waals surface area contributed by atoms with E-state index >= 15 is 0 Å². The number of hydrogen-bond donors (Lipinski definition) is 0. The first kappa shape index (κ1) is 13.6. The molecule has 2 aromatic carbocycles. The van der Waals surface area contributed by atoms with Crippen LogP contribution in [0, 0.1) is 23.3 Å². The van der Waals surface area contributed by atoms with Crippen molar-refractivity contribution in [2.45, 2.75) is 19.8 Å². The minimum atomic E-state index is -1.35. The summed E-state index contributed by atoms with van der Waals surface area (Å²) >= 11 is 0. The summed E-state index contributed by atoms with van der Waals surface area (Å²) in [6.07, 6.45) is 0. The molecule has 0 heterocycles. The van der Waals surface area contributed by atoms with Crippen molar-refractivity contribution in [1.29, 1.82) is 0 Å². The lowest BCUT2D eigenvalue weighted by molar-refractivity contribution is 0.436. The lowest BCUT2D eigenvalue weighted by Gasteiger charge is -2.14. The normalized spacial score (nSPS) is 11.1. The van der Waals surface area contributed by atoms with Crippen molar-refractivity contribution in [3.8, 4) is 11.1 Å². The number of benzene rings is 2.